The Balaban J connectivity index is 1.31. The van der Waals surface area contributed by atoms with E-state index in [4.69, 9.17) is 21.1 Å². The van der Waals surface area contributed by atoms with Crippen molar-refractivity contribution in [3.05, 3.63) is 52.5 Å². The smallest absolute Gasteiger partial charge is 0.161 e. The number of rotatable bonds is 8. The molecule has 168 valence electrons. The summed E-state index contributed by atoms with van der Waals surface area (Å²) in [4.78, 5) is 2.28. The maximum absolute atomic E-state index is 10.4. The fraction of sp³-hybridized carbons (Fsp3) is 0.375. The Morgan fingerprint density at radius 3 is 2.84 bits per heavy atom. The molecule has 8 heteroatoms. The largest absolute Gasteiger partial charge is 0.493 e. The summed E-state index contributed by atoms with van der Waals surface area (Å²) in [5, 5.41) is 22.1. The summed E-state index contributed by atoms with van der Waals surface area (Å²) in [6.45, 7) is 2.98. The lowest BCUT2D eigenvalue weighted by molar-refractivity contribution is 0.0747. The molecule has 32 heavy (non-hydrogen) atoms. The van der Waals surface area contributed by atoms with Crippen molar-refractivity contribution in [2.45, 2.75) is 25.4 Å². The van der Waals surface area contributed by atoms with Crippen molar-refractivity contribution in [2.75, 3.05) is 38.7 Å². The van der Waals surface area contributed by atoms with Gasteiger partial charge in [0.2, 0.25) is 0 Å². The third kappa shape index (κ3) is 4.28. The van der Waals surface area contributed by atoms with Crippen LogP contribution in [0.3, 0.4) is 0 Å². The number of aliphatic hydroxyl groups excluding tert-OH is 1. The number of likely N-dealkylation sites (tertiary alicyclic amines) is 1. The first-order valence-electron chi connectivity index (χ1n) is 10.9. The van der Waals surface area contributed by atoms with E-state index >= 15 is 0 Å². The van der Waals surface area contributed by atoms with Crippen molar-refractivity contribution in [3.8, 4) is 22.8 Å². The number of H-pyrrole nitrogens is 1. The van der Waals surface area contributed by atoms with E-state index in [9.17, 15) is 5.11 Å². The van der Waals surface area contributed by atoms with Gasteiger partial charge in [-0.2, -0.15) is 5.10 Å². The lowest BCUT2D eigenvalue weighted by Gasteiger charge is -2.20. The number of anilines is 2. The molecule has 7 nitrogen and oxygen atoms in total. The number of ether oxygens (including phenoxy) is 2. The Kier molecular flexibility index (Phi) is 5.95. The number of benzene rings is 2. The fourth-order valence-electron chi connectivity index (χ4n) is 4.51. The molecule has 3 aromatic rings. The minimum Gasteiger partial charge on any atom is -0.493 e. The summed E-state index contributed by atoms with van der Waals surface area (Å²) >= 11 is 6.11. The van der Waals surface area contributed by atoms with Crippen LogP contribution in [0.2, 0.25) is 5.02 Å². The van der Waals surface area contributed by atoms with Gasteiger partial charge in [-0.3, -0.25) is 5.10 Å². The lowest BCUT2D eigenvalue weighted by Crippen LogP contribution is -2.33. The average molecular weight is 455 g/mol. The van der Waals surface area contributed by atoms with Gasteiger partial charge >= 0.3 is 0 Å². The first kappa shape index (κ1) is 21.1. The van der Waals surface area contributed by atoms with Crippen LogP contribution in [-0.2, 0) is 6.42 Å². The third-order valence-corrected chi connectivity index (χ3v) is 6.31. The Morgan fingerprint density at radius 1 is 1.22 bits per heavy atom. The van der Waals surface area contributed by atoms with E-state index in [2.05, 4.69) is 20.4 Å². The molecule has 1 aliphatic carbocycles. The van der Waals surface area contributed by atoms with Crippen LogP contribution < -0.4 is 14.8 Å². The summed E-state index contributed by atoms with van der Waals surface area (Å²) in [6.07, 6.45) is 2.60. The molecule has 1 atom stereocenters. The van der Waals surface area contributed by atoms with Crippen molar-refractivity contribution in [2.24, 2.45) is 0 Å². The number of halogens is 1. The van der Waals surface area contributed by atoms with Gasteiger partial charge in [0.25, 0.3) is 0 Å². The molecule has 1 aromatic heterocycles. The predicted molar refractivity (Wildman–Crippen MR) is 125 cm³/mol. The zero-order chi connectivity index (χ0) is 22.1. The maximum Gasteiger partial charge on any atom is 0.161 e. The standard InChI is InChI=1S/C24H27ClN4O3/c1-31-21-12-19-15(10-22(21)32-14-18(30)13-29-7-2-3-8-29)9-20-23(19)27-28-24(20)26-17-6-4-5-16(25)11-17/h4-6,10-12,18,30H,2-3,7-9,13-14H2,1H3,(H2,26,27,28). The number of nitrogens with one attached hydrogen (secondary N) is 2. The summed E-state index contributed by atoms with van der Waals surface area (Å²) in [6, 6.07) is 11.6. The molecular weight excluding hydrogens is 428 g/mol. The summed E-state index contributed by atoms with van der Waals surface area (Å²) in [5.41, 5.74) is 5.04. The summed E-state index contributed by atoms with van der Waals surface area (Å²) < 4.78 is 11.6. The minimum absolute atomic E-state index is 0.235. The van der Waals surface area contributed by atoms with E-state index in [-0.39, 0.29) is 6.61 Å². The molecule has 1 fully saturated rings. The first-order valence-corrected chi connectivity index (χ1v) is 11.3. The quantitative estimate of drug-likeness (QED) is 0.369. The van der Waals surface area contributed by atoms with E-state index in [1.165, 1.54) is 12.8 Å². The second-order valence-corrected chi connectivity index (χ2v) is 8.81. The van der Waals surface area contributed by atoms with Gasteiger partial charge in [-0.25, -0.2) is 0 Å². The highest BCUT2D eigenvalue weighted by Gasteiger charge is 2.27. The molecule has 0 amide bonds. The van der Waals surface area contributed by atoms with Gasteiger partial charge in [0, 0.05) is 34.8 Å². The molecule has 5 rings (SSSR count). The maximum atomic E-state index is 10.4. The monoisotopic (exact) mass is 454 g/mol. The van der Waals surface area contributed by atoms with E-state index in [0.717, 1.165) is 53.4 Å². The topological polar surface area (TPSA) is 82.6 Å². The molecule has 0 radical (unpaired) electrons. The van der Waals surface area contributed by atoms with Crippen LogP contribution >= 0.6 is 11.6 Å². The van der Waals surface area contributed by atoms with Gasteiger partial charge < -0.3 is 24.8 Å². The molecule has 2 aliphatic rings. The van der Waals surface area contributed by atoms with Crippen molar-refractivity contribution in [1.29, 1.82) is 0 Å². The van der Waals surface area contributed by atoms with E-state index in [1.807, 2.05) is 36.4 Å². The highest BCUT2D eigenvalue weighted by molar-refractivity contribution is 6.30. The van der Waals surface area contributed by atoms with E-state index < -0.39 is 6.10 Å². The normalized spacial score (nSPS) is 16.0. The number of aromatic nitrogens is 2. The Morgan fingerprint density at radius 2 is 2.06 bits per heavy atom. The number of β-amino-alcohol motifs (C(OH)–C–C–N with tert-alkyl or cyclic N) is 1. The number of aliphatic hydroxyl groups is 1. The highest BCUT2D eigenvalue weighted by Crippen LogP contribution is 2.44. The van der Waals surface area contributed by atoms with Crippen molar-refractivity contribution >= 4 is 23.1 Å². The molecule has 0 bridgehead atoms. The van der Waals surface area contributed by atoms with Crippen LogP contribution in [-0.4, -0.2) is 59.7 Å². The molecule has 3 N–H and O–H groups in total. The first-order chi connectivity index (χ1) is 15.6. The highest BCUT2D eigenvalue weighted by atomic mass is 35.5. The second kappa shape index (κ2) is 9.02. The number of fused-ring (bicyclic) bond motifs is 3. The molecule has 0 spiro atoms. The van der Waals surface area contributed by atoms with Crippen LogP contribution in [0.25, 0.3) is 11.3 Å². The van der Waals surface area contributed by atoms with Crippen LogP contribution in [0.4, 0.5) is 11.5 Å². The SMILES string of the molecule is COc1cc2c(cc1OCC(O)CN1CCCC1)Cc1c-2n[nH]c1Nc1cccc(Cl)c1. The zero-order valence-electron chi connectivity index (χ0n) is 18.0. The second-order valence-electron chi connectivity index (χ2n) is 8.37. The number of hydrogen-bond donors (Lipinski definition) is 3. The molecule has 0 saturated carbocycles. The molecular formula is C24H27ClN4O3. The number of methoxy groups -OCH3 is 1. The summed E-state index contributed by atoms with van der Waals surface area (Å²) in [5.74, 6) is 2.13. The molecule has 2 aromatic carbocycles. The predicted octanol–water partition coefficient (Wildman–Crippen LogP) is 4.22. The van der Waals surface area contributed by atoms with Gasteiger partial charge in [0.15, 0.2) is 11.5 Å². The Bertz CT molecular complexity index is 1110. The van der Waals surface area contributed by atoms with Gasteiger partial charge in [-0.05, 0) is 61.8 Å². The Labute approximate surface area is 192 Å². The average Bonchev–Trinajstić information content (AvgIpc) is 3.50. The minimum atomic E-state index is -0.532. The van der Waals surface area contributed by atoms with Crippen LogP contribution in [0.5, 0.6) is 11.5 Å². The van der Waals surface area contributed by atoms with Crippen LogP contribution in [0.15, 0.2) is 36.4 Å². The molecule has 1 saturated heterocycles. The van der Waals surface area contributed by atoms with E-state index in [1.54, 1.807) is 7.11 Å². The molecule has 1 aliphatic heterocycles. The lowest BCUT2D eigenvalue weighted by atomic mass is 10.1. The van der Waals surface area contributed by atoms with Crippen molar-refractivity contribution in [3.63, 3.8) is 0 Å². The number of nitrogens with zero attached hydrogens (tertiary/aromatic N) is 2. The number of aromatic amines is 1. The van der Waals surface area contributed by atoms with Crippen LogP contribution in [0, 0.1) is 0 Å². The van der Waals surface area contributed by atoms with Gasteiger partial charge in [0.1, 0.15) is 18.5 Å². The van der Waals surface area contributed by atoms with E-state index in [0.29, 0.717) is 23.1 Å². The van der Waals surface area contributed by atoms with Gasteiger partial charge in [-0.15, -0.1) is 0 Å². The van der Waals surface area contributed by atoms with Crippen LogP contribution in [0.1, 0.15) is 24.0 Å². The molecule has 1 unspecified atom stereocenters. The van der Waals surface area contributed by atoms with Crippen molar-refractivity contribution in [1.82, 2.24) is 15.1 Å². The zero-order valence-corrected chi connectivity index (χ0v) is 18.8. The summed E-state index contributed by atoms with van der Waals surface area (Å²) in [7, 11) is 1.63. The fourth-order valence-corrected chi connectivity index (χ4v) is 4.70. The molecule has 2 heterocycles. The number of hydrogen-bond acceptors (Lipinski definition) is 6. The van der Waals surface area contributed by atoms with Crippen molar-refractivity contribution < 1.29 is 14.6 Å². The third-order valence-electron chi connectivity index (χ3n) is 6.07. The van der Waals surface area contributed by atoms with Gasteiger partial charge in [-0.1, -0.05) is 17.7 Å². The van der Waals surface area contributed by atoms with Gasteiger partial charge in [0.05, 0.1) is 12.8 Å². The Hall–Kier alpha value is -2.74.